The lowest BCUT2D eigenvalue weighted by Gasteiger charge is -2.15. The van der Waals surface area contributed by atoms with Crippen LogP contribution < -0.4 is 5.32 Å². The Hall–Kier alpha value is -1.10. The van der Waals surface area contributed by atoms with Crippen molar-refractivity contribution in [3.63, 3.8) is 0 Å². The summed E-state index contributed by atoms with van der Waals surface area (Å²) in [5.41, 5.74) is 0. The van der Waals surface area contributed by atoms with Crippen LogP contribution in [0, 0.1) is 12.8 Å². The van der Waals surface area contributed by atoms with Crippen molar-refractivity contribution in [2.45, 2.75) is 26.3 Å². The van der Waals surface area contributed by atoms with Crippen molar-refractivity contribution in [1.29, 1.82) is 0 Å². The highest BCUT2D eigenvalue weighted by atomic mass is 16.5. The first-order chi connectivity index (χ1) is 6.79. The van der Waals surface area contributed by atoms with Gasteiger partial charge in [-0.3, -0.25) is 0 Å². The Morgan fingerprint density at radius 1 is 1.50 bits per heavy atom. The topological polar surface area (TPSA) is 60.2 Å². The van der Waals surface area contributed by atoms with Crippen molar-refractivity contribution in [1.82, 2.24) is 10.1 Å². The number of nitrogens with zero attached hydrogens (tertiary/aromatic N) is 2. The maximum absolute atomic E-state index is 5.39. The summed E-state index contributed by atoms with van der Waals surface area (Å²) in [6, 6.07) is 0.802. The molecule has 78 valence electrons. The fourth-order valence-corrected chi connectivity index (χ4v) is 1.67. The number of hydrogen-bond acceptors (Lipinski definition) is 5. The molecule has 14 heavy (non-hydrogen) atoms. The molecule has 2 atom stereocenters. The molecule has 0 aromatic carbocycles. The summed E-state index contributed by atoms with van der Waals surface area (Å²) in [6.07, 6.45) is 1.10. The molecule has 0 saturated carbocycles. The Kier molecular flexibility index (Phi) is 2.67. The fourth-order valence-electron chi connectivity index (χ4n) is 1.67. The van der Waals surface area contributed by atoms with Gasteiger partial charge in [0.1, 0.15) is 0 Å². The normalized spacial score (nSPS) is 26.7. The molecule has 0 radical (unpaired) electrons. The van der Waals surface area contributed by atoms with Gasteiger partial charge in [-0.15, -0.1) is 0 Å². The van der Waals surface area contributed by atoms with E-state index in [4.69, 9.17) is 9.26 Å². The zero-order chi connectivity index (χ0) is 9.97. The number of aryl methyl sites for hydroxylation is 1. The molecule has 1 aliphatic heterocycles. The van der Waals surface area contributed by atoms with Gasteiger partial charge in [0.15, 0.2) is 5.82 Å². The predicted octanol–water partition coefficient (Wildman–Crippen LogP) is 1.21. The Morgan fingerprint density at radius 2 is 2.36 bits per heavy atom. The Bertz CT molecular complexity index is 300. The van der Waals surface area contributed by atoms with Crippen molar-refractivity contribution >= 4 is 6.01 Å². The lowest BCUT2D eigenvalue weighted by molar-refractivity contribution is 0.184. The zero-order valence-electron chi connectivity index (χ0n) is 8.49. The predicted molar refractivity (Wildman–Crippen MR) is 51.0 cm³/mol. The standard InChI is InChI=1S/C9H15N3O2/c1-3-7-4-13-5-8(7)11-9-10-6(2)12-14-9/h7-8H,3-5H2,1-2H3,(H,10,11,12). The molecule has 0 aliphatic carbocycles. The zero-order valence-corrected chi connectivity index (χ0v) is 8.49. The Labute approximate surface area is 82.8 Å². The summed E-state index contributed by atoms with van der Waals surface area (Å²) in [7, 11) is 0. The second-order valence-electron chi connectivity index (χ2n) is 3.60. The minimum absolute atomic E-state index is 0.305. The van der Waals surface area contributed by atoms with E-state index in [2.05, 4.69) is 22.4 Å². The smallest absolute Gasteiger partial charge is 0.321 e. The van der Waals surface area contributed by atoms with Crippen LogP contribution in [0.2, 0.25) is 0 Å². The maximum Gasteiger partial charge on any atom is 0.321 e. The Morgan fingerprint density at radius 3 is 3.00 bits per heavy atom. The van der Waals surface area contributed by atoms with Crippen molar-refractivity contribution in [3.05, 3.63) is 5.82 Å². The van der Waals surface area contributed by atoms with Gasteiger partial charge in [-0.25, -0.2) is 0 Å². The molecule has 0 spiro atoms. The summed E-state index contributed by atoms with van der Waals surface area (Å²) in [5.74, 6) is 1.20. The quantitative estimate of drug-likeness (QED) is 0.789. The molecular weight excluding hydrogens is 182 g/mol. The minimum Gasteiger partial charge on any atom is -0.379 e. The first-order valence-electron chi connectivity index (χ1n) is 4.94. The van der Waals surface area contributed by atoms with Gasteiger partial charge in [0, 0.05) is 5.92 Å². The lowest BCUT2D eigenvalue weighted by Crippen LogP contribution is -2.27. The van der Waals surface area contributed by atoms with Crippen molar-refractivity contribution < 1.29 is 9.26 Å². The second-order valence-corrected chi connectivity index (χ2v) is 3.60. The largest absolute Gasteiger partial charge is 0.379 e. The van der Waals surface area contributed by atoms with Gasteiger partial charge in [0.2, 0.25) is 0 Å². The first-order valence-corrected chi connectivity index (χ1v) is 4.94. The average Bonchev–Trinajstić information content (AvgIpc) is 2.76. The summed E-state index contributed by atoms with van der Waals surface area (Å²) in [6.45, 7) is 5.51. The molecule has 1 N–H and O–H groups in total. The average molecular weight is 197 g/mol. The van der Waals surface area contributed by atoms with E-state index in [-0.39, 0.29) is 0 Å². The van der Waals surface area contributed by atoms with Crippen LogP contribution >= 0.6 is 0 Å². The molecule has 1 saturated heterocycles. The van der Waals surface area contributed by atoms with E-state index in [9.17, 15) is 0 Å². The van der Waals surface area contributed by atoms with E-state index in [1.54, 1.807) is 6.92 Å². The summed E-state index contributed by atoms with van der Waals surface area (Å²) in [4.78, 5) is 4.10. The molecule has 5 nitrogen and oxygen atoms in total. The van der Waals surface area contributed by atoms with Gasteiger partial charge in [0.25, 0.3) is 0 Å². The van der Waals surface area contributed by atoms with Crippen LogP contribution in [0.25, 0.3) is 0 Å². The highest BCUT2D eigenvalue weighted by Gasteiger charge is 2.27. The summed E-state index contributed by atoms with van der Waals surface area (Å²) < 4.78 is 10.4. The third kappa shape index (κ3) is 1.87. The third-order valence-electron chi connectivity index (χ3n) is 2.56. The van der Waals surface area contributed by atoms with Crippen LogP contribution in [-0.4, -0.2) is 29.4 Å². The summed E-state index contributed by atoms with van der Waals surface area (Å²) in [5, 5.41) is 6.92. The van der Waals surface area contributed by atoms with Crippen LogP contribution in [-0.2, 0) is 4.74 Å². The van der Waals surface area contributed by atoms with Crippen LogP contribution in [0.1, 0.15) is 19.2 Å². The number of aromatic nitrogens is 2. The van der Waals surface area contributed by atoms with Gasteiger partial charge in [-0.1, -0.05) is 12.1 Å². The fraction of sp³-hybridized carbons (Fsp3) is 0.778. The van der Waals surface area contributed by atoms with Crippen LogP contribution in [0.4, 0.5) is 6.01 Å². The van der Waals surface area contributed by atoms with Gasteiger partial charge >= 0.3 is 6.01 Å². The van der Waals surface area contributed by atoms with E-state index < -0.39 is 0 Å². The number of nitrogens with one attached hydrogen (secondary N) is 1. The molecule has 0 amide bonds. The van der Waals surface area contributed by atoms with Gasteiger partial charge < -0.3 is 14.6 Å². The van der Waals surface area contributed by atoms with E-state index in [1.807, 2.05) is 0 Å². The highest BCUT2D eigenvalue weighted by molar-refractivity contribution is 5.21. The number of rotatable bonds is 3. The van der Waals surface area contributed by atoms with Crippen LogP contribution in [0.15, 0.2) is 4.52 Å². The van der Waals surface area contributed by atoms with Gasteiger partial charge in [-0.2, -0.15) is 4.98 Å². The molecule has 5 heteroatoms. The molecule has 0 bridgehead atoms. The molecule has 2 heterocycles. The maximum atomic E-state index is 5.39. The van der Waals surface area contributed by atoms with Crippen molar-refractivity contribution in [2.24, 2.45) is 5.92 Å². The minimum atomic E-state index is 0.305. The molecule has 2 rings (SSSR count). The van der Waals surface area contributed by atoms with E-state index in [1.165, 1.54) is 0 Å². The van der Waals surface area contributed by atoms with E-state index in [0.717, 1.165) is 19.6 Å². The first kappa shape index (κ1) is 9.45. The molecule has 1 aliphatic rings. The molecular formula is C9H15N3O2. The number of ether oxygens (including phenoxy) is 1. The third-order valence-corrected chi connectivity index (χ3v) is 2.56. The highest BCUT2D eigenvalue weighted by Crippen LogP contribution is 2.20. The summed E-state index contributed by atoms with van der Waals surface area (Å²) >= 11 is 0. The van der Waals surface area contributed by atoms with Crippen molar-refractivity contribution in [2.75, 3.05) is 18.5 Å². The molecule has 1 aromatic rings. The van der Waals surface area contributed by atoms with Crippen molar-refractivity contribution in [3.8, 4) is 0 Å². The monoisotopic (exact) mass is 197 g/mol. The van der Waals surface area contributed by atoms with E-state index in [0.29, 0.717) is 23.8 Å². The van der Waals surface area contributed by atoms with Crippen LogP contribution in [0.3, 0.4) is 0 Å². The van der Waals surface area contributed by atoms with E-state index >= 15 is 0 Å². The van der Waals surface area contributed by atoms with Gasteiger partial charge in [-0.05, 0) is 13.3 Å². The molecule has 2 unspecified atom stereocenters. The molecule has 1 fully saturated rings. The SMILES string of the molecule is CCC1COCC1Nc1nc(C)no1. The number of hydrogen-bond donors (Lipinski definition) is 1. The lowest BCUT2D eigenvalue weighted by atomic mass is 10.0. The number of anilines is 1. The second kappa shape index (κ2) is 3.96. The van der Waals surface area contributed by atoms with Gasteiger partial charge in [0.05, 0.1) is 19.3 Å². The Balaban J connectivity index is 1.96. The van der Waals surface area contributed by atoms with Crippen LogP contribution in [0.5, 0.6) is 0 Å². The molecule has 1 aromatic heterocycles.